The van der Waals surface area contributed by atoms with Gasteiger partial charge in [0, 0.05) is 5.92 Å². The zero-order valence-corrected chi connectivity index (χ0v) is 21.7. The van der Waals surface area contributed by atoms with Gasteiger partial charge in [0.2, 0.25) is 0 Å². The van der Waals surface area contributed by atoms with Crippen LogP contribution in [0.5, 0.6) is 34.5 Å². The molecule has 3 aromatic rings. The summed E-state index contributed by atoms with van der Waals surface area (Å²) in [7, 11) is 4.87. The summed E-state index contributed by atoms with van der Waals surface area (Å²) in [5, 5.41) is 0. The molecule has 6 heteroatoms. The minimum atomic E-state index is -0.188. The second-order valence-electron chi connectivity index (χ2n) is 7.96. The molecule has 0 saturated heterocycles. The number of hydrogen-bond acceptors (Lipinski definition) is 6. The van der Waals surface area contributed by atoms with Crippen LogP contribution in [-0.4, -0.2) is 41.2 Å². The maximum Gasteiger partial charge on any atom is 0.161 e. The molecule has 0 unspecified atom stereocenters. The number of rotatable bonds is 15. The van der Waals surface area contributed by atoms with Gasteiger partial charge < -0.3 is 28.4 Å². The van der Waals surface area contributed by atoms with Gasteiger partial charge in [0.1, 0.15) is 19.8 Å². The van der Waals surface area contributed by atoms with Crippen molar-refractivity contribution in [2.45, 2.75) is 5.92 Å². The Morgan fingerprint density at radius 3 is 1.05 bits per heavy atom. The molecule has 0 saturated carbocycles. The Balaban J connectivity index is 2.16. The summed E-state index contributed by atoms with van der Waals surface area (Å²) in [4.78, 5) is 0. The first-order valence-electron chi connectivity index (χ1n) is 11.8. The fourth-order valence-electron chi connectivity index (χ4n) is 3.97. The lowest BCUT2D eigenvalue weighted by Crippen LogP contribution is -2.07. The van der Waals surface area contributed by atoms with Crippen LogP contribution in [0, 0.1) is 0 Å². The lowest BCUT2D eigenvalue weighted by Gasteiger charge is -2.23. The third kappa shape index (κ3) is 6.67. The topological polar surface area (TPSA) is 55.4 Å². The summed E-state index contributed by atoms with van der Waals surface area (Å²) in [5.41, 5.74) is 2.98. The third-order valence-corrected chi connectivity index (χ3v) is 5.63. The first-order valence-corrected chi connectivity index (χ1v) is 11.8. The highest BCUT2D eigenvalue weighted by Crippen LogP contribution is 2.42. The average Bonchev–Trinajstić information content (AvgIpc) is 2.94. The quantitative estimate of drug-likeness (QED) is 0.173. The largest absolute Gasteiger partial charge is 0.493 e. The molecule has 0 aliphatic rings. The van der Waals surface area contributed by atoms with Crippen LogP contribution >= 0.6 is 0 Å². The van der Waals surface area contributed by atoms with Crippen LogP contribution in [0.25, 0.3) is 0 Å². The van der Waals surface area contributed by atoms with Crippen molar-refractivity contribution in [3.05, 3.63) is 109 Å². The summed E-state index contributed by atoms with van der Waals surface area (Å²) in [5.74, 6) is 3.61. The Labute approximate surface area is 219 Å². The molecule has 0 spiro atoms. The van der Waals surface area contributed by atoms with Crippen molar-refractivity contribution in [2.24, 2.45) is 0 Å². The Hall–Kier alpha value is -4.32. The van der Waals surface area contributed by atoms with E-state index in [1.807, 2.05) is 54.6 Å². The van der Waals surface area contributed by atoms with E-state index in [1.165, 1.54) is 0 Å². The number of hydrogen-bond donors (Lipinski definition) is 0. The standard InChI is InChI=1S/C31H34O6/c1-7-16-35-25-13-10-22(19-28(25)32-4)31(23-11-14-26(36-17-8-2)29(20-23)33-5)24-12-15-27(37-18-9-3)30(21-24)34-6/h7-15,19-21,31H,1-3,16-18H2,4-6H3. The van der Waals surface area contributed by atoms with E-state index in [9.17, 15) is 0 Å². The molecule has 0 amide bonds. The van der Waals surface area contributed by atoms with Crippen LogP contribution in [0.3, 0.4) is 0 Å². The molecule has 0 radical (unpaired) electrons. The van der Waals surface area contributed by atoms with Crippen LogP contribution in [0.15, 0.2) is 92.6 Å². The summed E-state index contributed by atoms with van der Waals surface area (Å²) in [6.45, 7) is 12.3. The van der Waals surface area contributed by atoms with Gasteiger partial charge in [-0.3, -0.25) is 0 Å². The zero-order valence-electron chi connectivity index (χ0n) is 21.7. The van der Waals surface area contributed by atoms with Gasteiger partial charge in [-0.1, -0.05) is 56.2 Å². The van der Waals surface area contributed by atoms with Gasteiger partial charge in [-0.05, 0) is 53.1 Å². The van der Waals surface area contributed by atoms with E-state index < -0.39 is 0 Å². The van der Waals surface area contributed by atoms with Gasteiger partial charge in [0.15, 0.2) is 34.5 Å². The van der Waals surface area contributed by atoms with E-state index in [2.05, 4.69) is 19.7 Å². The van der Waals surface area contributed by atoms with E-state index in [0.29, 0.717) is 54.3 Å². The van der Waals surface area contributed by atoms with Gasteiger partial charge in [-0.2, -0.15) is 0 Å². The lowest BCUT2D eigenvalue weighted by atomic mass is 9.84. The second kappa shape index (κ2) is 13.7. The lowest BCUT2D eigenvalue weighted by molar-refractivity contribution is 0.325. The first kappa shape index (κ1) is 27.3. The molecular weight excluding hydrogens is 468 g/mol. The molecule has 6 nitrogen and oxygen atoms in total. The molecule has 0 bridgehead atoms. The highest BCUT2D eigenvalue weighted by atomic mass is 16.5. The monoisotopic (exact) mass is 502 g/mol. The summed E-state index contributed by atoms with van der Waals surface area (Å²) >= 11 is 0. The molecule has 0 aromatic heterocycles. The molecule has 3 rings (SSSR count). The van der Waals surface area contributed by atoms with Gasteiger partial charge in [0.05, 0.1) is 21.3 Å². The number of methoxy groups -OCH3 is 3. The van der Waals surface area contributed by atoms with E-state index in [0.717, 1.165) is 16.7 Å². The van der Waals surface area contributed by atoms with Crippen molar-refractivity contribution < 1.29 is 28.4 Å². The van der Waals surface area contributed by atoms with Gasteiger partial charge in [-0.25, -0.2) is 0 Å². The number of ether oxygens (including phenoxy) is 6. The van der Waals surface area contributed by atoms with Crippen molar-refractivity contribution >= 4 is 0 Å². The van der Waals surface area contributed by atoms with Crippen LogP contribution in [-0.2, 0) is 0 Å². The van der Waals surface area contributed by atoms with Crippen LogP contribution < -0.4 is 28.4 Å². The smallest absolute Gasteiger partial charge is 0.161 e. The van der Waals surface area contributed by atoms with Gasteiger partial charge >= 0.3 is 0 Å². The van der Waals surface area contributed by atoms with Crippen molar-refractivity contribution in [3.63, 3.8) is 0 Å². The van der Waals surface area contributed by atoms with Gasteiger partial charge in [0.25, 0.3) is 0 Å². The van der Waals surface area contributed by atoms with Crippen LogP contribution in [0.2, 0.25) is 0 Å². The molecule has 3 aromatic carbocycles. The molecule has 37 heavy (non-hydrogen) atoms. The van der Waals surface area contributed by atoms with E-state index >= 15 is 0 Å². The minimum absolute atomic E-state index is 0.188. The van der Waals surface area contributed by atoms with Crippen molar-refractivity contribution in [1.29, 1.82) is 0 Å². The summed E-state index contributed by atoms with van der Waals surface area (Å²) in [6.07, 6.45) is 5.09. The predicted molar refractivity (Wildman–Crippen MR) is 147 cm³/mol. The Bertz CT molecular complexity index is 1070. The van der Waals surface area contributed by atoms with E-state index in [4.69, 9.17) is 28.4 Å². The molecule has 0 aliphatic heterocycles. The maximum absolute atomic E-state index is 5.77. The highest BCUT2D eigenvalue weighted by Gasteiger charge is 2.22. The third-order valence-electron chi connectivity index (χ3n) is 5.63. The highest BCUT2D eigenvalue weighted by molar-refractivity contribution is 5.55. The van der Waals surface area contributed by atoms with Crippen molar-refractivity contribution in [1.82, 2.24) is 0 Å². The molecule has 0 heterocycles. The molecule has 0 atom stereocenters. The second-order valence-corrected chi connectivity index (χ2v) is 7.96. The number of benzene rings is 3. The van der Waals surface area contributed by atoms with Crippen LogP contribution in [0.4, 0.5) is 0 Å². The fraction of sp³-hybridized carbons (Fsp3) is 0.226. The predicted octanol–water partition coefficient (Wildman–Crippen LogP) is 6.59. The van der Waals surface area contributed by atoms with Crippen LogP contribution in [0.1, 0.15) is 22.6 Å². The van der Waals surface area contributed by atoms with Crippen molar-refractivity contribution in [2.75, 3.05) is 41.2 Å². The molecule has 0 aliphatic carbocycles. The Kier molecular flexibility index (Phi) is 10.1. The van der Waals surface area contributed by atoms with E-state index in [1.54, 1.807) is 39.6 Å². The van der Waals surface area contributed by atoms with E-state index in [-0.39, 0.29) is 5.92 Å². The molecular formula is C31H34O6. The van der Waals surface area contributed by atoms with Crippen molar-refractivity contribution in [3.8, 4) is 34.5 Å². The average molecular weight is 503 g/mol. The summed E-state index contributed by atoms with van der Waals surface area (Å²) in [6, 6.07) is 17.7. The minimum Gasteiger partial charge on any atom is -0.493 e. The molecule has 194 valence electrons. The molecule has 0 fully saturated rings. The van der Waals surface area contributed by atoms with Gasteiger partial charge in [-0.15, -0.1) is 0 Å². The fourth-order valence-corrected chi connectivity index (χ4v) is 3.97. The SMILES string of the molecule is C=CCOc1ccc(C(c2ccc(OCC=C)c(OC)c2)c2ccc(OCC=C)c(OC)c2)cc1OC. The zero-order chi connectivity index (χ0) is 26.6. The Morgan fingerprint density at radius 2 is 0.811 bits per heavy atom. The summed E-state index contributed by atoms with van der Waals surface area (Å²) < 4.78 is 34.3. The Morgan fingerprint density at radius 1 is 0.514 bits per heavy atom. The molecule has 0 N–H and O–H groups in total. The normalized spacial score (nSPS) is 10.4. The maximum atomic E-state index is 5.77. The first-order chi connectivity index (χ1) is 18.1.